The molecular weight excluding hydrogens is 292 g/mol. The zero-order valence-corrected chi connectivity index (χ0v) is 14.9. The van der Waals surface area contributed by atoms with Crippen molar-refractivity contribution in [1.29, 1.82) is 0 Å². The summed E-state index contributed by atoms with van der Waals surface area (Å²) in [4.78, 5) is 20.3. The van der Waals surface area contributed by atoms with E-state index in [1.807, 2.05) is 11.3 Å². The second-order valence-corrected chi connectivity index (χ2v) is 8.84. The fraction of sp³-hybridized carbons (Fsp3) is 0.722. The summed E-state index contributed by atoms with van der Waals surface area (Å²) in [7, 11) is 0. The third kappa shape index (κ3) is 3.23. The van der Waals surface area contributed by atoms with Gasteiger partial charge in [0.15, 0.2) is 0 Å². The van der Waals surface area contributed by atoms with Crippen LogP contribution in [0.3, 0.4) is 0 Å². The molecule has 0 bridgehead atoms. The zero-order valence-electron chi connectivity index (χ0n) is 14.1. The van der Waals surface area contributed by atoms with Crippen LogP contribution in [0.15, 0.2) is 12.1 Å². The van der Waals surface area contributed by atoms with Gasteiger partial charge in [-0.25, -0.2) is 0 Å². The largest absolute Gasteiger partial charge is 0.342 e. The molecule has 1 amide bonds. The molecule has 0 saturated carbocycles. The first kappa shape index (κ1) is 16.0. The maximum Gasteiger partial charge on any atom is 0.228 e. The molecule has 0 N–H and O–H groups in total. The lowest BCUT2D eigenvalue weighted by Crippen LogP contribution is -2.44. The molecule has 3 nitrogen and oxygen atoms in total. The van der Waals surface area contributed by atoms with Gasteiger partial charge in [0.05, 0.1) is 5.41 Å². The van der Waals surface area contributed by atoms with Crippen LogP contribution in [0.4, 0.5) is 0 Å². The van der Waals surface area contributed by atoms with Crippen molar-refractivity contribution in [1.82, 2.24) is 9.80 Å². The lowest BCUT2D eigenvalue weighted by molar-refractivity contribution is -0.138. The van der Waals surface area contributed by atoms with E-state index in [-0.39, 0.29) is 5.41 Å². The van der Waals surface area contributed by atoms with E-state index >= 15 is 0 Å². The van der Waals surface area contributed by atoms with E-state index in [0.29, 0.717) is 11.8 Å². The number of hydrogen-bond acceptors (Lipinski definition) is 3. The van der Waals surface area contributed by atoms with Gasteiger partial charge in [-0.05, 0) is 57.3 Å². The molecule has 0 aliphatic carbocycles. The van der Waals surface area contributed by atoms with E-state index in [1.165, 1.54) is 9.75 Å². The summed E-state index contributed by atoms with van der Waals surface area (Å²) >= 11 is 1.90. The van der Waals surface area contributed by atoms with Crippen LogP contribution in [0.1, 0.15) is 42.9 Å². The molecule has 0 unspecified atom stereocenters. The number of nitrogens with zero attached hydrogens (tertiary/aromatic N) is 2. The second-order valence-electron chi connectivity index (χ2n) is 7.46. The summed E-state index contributed by atoms with van der Waals surface area (Å²) in [5.41, 5.74) is -0.0310. The maximum atomic E-state index is 12.8. The molecule has 3 heterocycles. The summed E-state index contributed by atoms with van der Waals surface area (Å²) < 4.78 is 0. The van der Waals surface area contributed by atoms with Gasteiger partial charge in [0.25, 0.3) is 0 Å². The Kier molecular flexibility index (Phi) is 4.60. The SMILES string of the molecule is Cc1ccc(CN2CCC3(CC2)CCN(CC(C)C)C3=O)s1. The minimum absolute atomic E-state index is 0.0310. The van der Waals surface area contributed by atoms with Crippen molar-refractivity contribution in [2.75, 3.05) is 26.2 Å². The summed E-state index contributed by atoms with van der Waals surface area (Å²) in [6, 6.07) is 4.45. The van der Waals surface area contributed by atoms with Gasteiger partial charge < -0.3 is 4.90 Å². The Morgan fingerprint density at radius 3 is 2.45 bits per heavy atom. The van der Waals surface area contributed by atoms with Gasteiger partial charge in [-0.3, -0.25) is 9.69 Å². The molecule has 1 aromatic rings. The first-order chi connectivity index (χ1) is 10.5. The number of hydrogen-bond donors (Lipinski definition) is 0. The third-order valence-electron chi connectivity index (χ3n) is 5.18. The van der Waals surface area contributed by atoms with Crippen LogP contribution in [0.25, 0.3) is 0 Å². The average Bonchev–Trinajstić information content (AvgIpc) is 3.00. The van der Waals surface area contributed by atoms with Gasteiger partial charge in [0.1, 0.15) is 0 Å². The van der Waals surface area contributed by atoms with Gasteiger partial charge in [-0.1, -0.05) is 13.8 Å². The van der Waals surface area contributed by atoms with Crippen LogP contribution in [0.5, 0.6) is 0 Å². The number of thiophene rings is 1. The molecule has 2 fully saturated rings. The van der Waals surface area contributed by atoms with Crippen LogP contribution in [-0.4, -0.2) is 41.9 Å². The maximum absolute atomic E-state index is 12.8. The van der Waals surface area contributed by atoms with E-state index in [1.54, 1.807) is 0 Å². The van der Waals surface area contributed by atoms with Crippen molar-refractivity contribution in [3.05, 3.63) is 21.9 Å². The highest BCUT2D eigenvalue weighted by Crippen LogP contribution is 2.42. The summed E-state index contributed by atoms with van der Waals surface area (Å²) in [5, 5.41) is 0. The van der Waals surface area contributed by atoms with E-state index in [4.69, 9.17) is 0 Å². The van der Waals surface area contributed by atoms with Crippen LogP contribution in [0, 0.1) is 18.3 Å². The number of carbonyl (C=O) groups is 1. The first-order valence-corrected chi connectivity index (χ1v) is 9.37. The molecule has 2 aliphatic rings. The number of likely N-dealkylation sites (tertiary alicyclic amines) is 2. The molecule has 2 saturated heterocycles. The Hall–Kier alpha value is -0.870. The van der Waals surface area contributed by atoms with Gasteiger partial charge in [0.2, 0.25) is 5.91 Å². The van der Waals surface area contributed by atoms with Gasteiger partial charge in [0, 0.05) is 29.4 Å². The number of aryl methyl sites for hydroxylation is 1. The van der Waals surface area contributed by atoms with Crippen molar-refractivity contribution in [3.8, 4) is 0 Å². The lowest BCUT2D eigenvalue weighted by atomic mass is 9.77. The quantitative estimate of drug-likeness (QED) is 0.847. The molecule has 1 spiro atoms. The molecule has 22 heavy (non-hydrogen) atoms. The molecule has 0 atom stereocenters. The highest BCUT2D eigenvalue weighted by Gasteiger charge is 2.47. The average molecular weight is 321 g/mol. The molecule has 0 aromatic carbocycles. The Morgan fingerprint density at radius 2 is 1.86 bits per heavy atom. The van der Waals surface area contributed by atoms with E-state index < -0.39 is 0 Å². The molecular formula is C18H28N2OS. The monoisotopic (exact) mass is 320 g/mol. The van der Waals surface area contributed by atoms with E-state index in [2.05, 4.69) is 42.7 Å². The van der Waals surface area contributed by atoms with Crippen LogP contribution in [0.2, 0.25) is 0 Å². The number of carbonyl (C=O) groups excluding carboxylic acids is 1. The number of piperidine rings is 1. The fourth-order valence-corrected chi connectivity index (χ4v) is 4.83. The van der Waals surface area contributed by atoms with Crippen LogP contribution >= 0.6 is 11.3 Å². The van der Waals surface area contributed by atoms with Crippen molar-refractivity contribution in [2.24, 2.45) is 11.3 Å². The normalized spacial score (nSPS) is 22.2. The second kappa shape index (κ2) is 6.32. The predicted octanol–water partition coefficient (Wildman–Crippen LogP) is 3.53. The smallest absolute Gasteiger partial charge is 0.228 e. The molecule has 2 aliphatic heterocycles. The minimum atomic E-state index is -0.0310. The Balaban J connectivity index is 1.56. The van der Waals surface area contributed by atoms with E-state index in [9.17, 15) is 4.79 Å². The minimum Gasteiger partial charge on any atom is -0.342 e. The number of rotatable bonds is 4. The third-order valence-corrected chi connectivity index (χ3v) is 6.16. The highest BCUT2D eigenvalue weighted by atomic mass is 32.1. The Bertz CT molecular complexity index is 529. The topological polar surface area (TPSA) is 23.6 Å². The summed E-state index contributed by atoms with van der Waals surface area (Å²) in [6.45, 7) is 11.7. The standard InChI is InChI=1S/C18H28N2OS/c1-14(2)12-20-11-8-18(17(20)21)6-9-19(10-7-18)13-16-5-4-15(3)22-16/h4-5,14H,6-13H2,1-3H3. The first-order valence-electron chi connectivity index (χ1n) is 8.55. The van der Waals surface area contributed by atoms with Gasteiger partial charge in [-0.2, -0.15) is 0 Å². The van der Waals surface area contributed by atoms with Crippen molar-refractivity contribution < 1.29 is 4.79 Å². The fourth-order valence-electron chi connectivity index (χ4n) is 3.90. The van der Waals surface area contributed by atoms with Crippen LogP contribution < -0.4 is 0 Å². The van der Waals surface area contributed by atoms with Crippen molar-refractivity contribution >= 4 is 17.2 Å². The van der Waals surface area contributed by atoms with Crippen LogP contribution in [-0.2, 0) is 11.3 Å². The summed E-state index contributed by atoms with van der Waals surface area (Å²) in [6.07, 6.45) is 3.17. The van der Waals surface area contributed by atoms with Crippen molar-refractivity contribution in [3.63, 3.8) is 0 Å². The van der Waals surface area contributed by atoms with E-state index in [0.717, 1.165) is 52.0 Å². The number of amides is 1. The molecule has 4 heteroatoms. The molecule has 0 radical (unpaired) electrons. The predicted molar refractivity (Wildman–Crippen MR) is 92.0 cm³/mol. The lowest BCUT2D eigenvalue weighted by Gasteiger charge is -2.38. The Labute approximate surface area is 138 Å². The highest BCUT2D eigenvalue weighted by molar-refractivity contribution is 7.11. The summed E-state index contributed by atoms with van der Waals surface area (Å²) in [5.74, 6) is 1.01. The van der Waals surface area contributed by atoms with Gasteiger partial charge >= 0.3 is 0 Å². The van der Waals surface area contributed by atoms with Crippen molar-refractivity contribution in [2.45, 2.75) is 46.6 Å². The zero-order chi connectivity index (χ0) is 15.7. The Morgan fingerprint density at radius 1 is 1.18 bits per heavy atom. The molecule has 122 valence electrons. The van der Waals surface area contributed by atoms with Gasteiger partial charge in [-0.15, -0.1) is 11.3 Å². The molecule has 3 rings (SSSR count). The molecule has 1 aromatic heterocycles.